The molecule has 0 radical (unpaired) electrons. The van der Waals surface area contributed by atoms with E-state index in [0.717, 1.165) is 0 Å². The van der Waals surface area contributed by atoms with Crippen LogP contribution in [0.3, 0.4) is 0 Å². The van der Waals surface area contributed by atoms with E-state index in [9.17, 15) is 15.0 Å². The van der Waals surface area contributed by atoms with Gasteiger partial charge in [-0.2, -0.15) is 0 Å². The number of carbonyl (C=O) groups excluding carboxylic acids is 1. The fourth-order valence-corrected chi connectivity index (χ4v) is 1.26. The minimum atomic E-state index is -1.25. The van der Waals surface area contributed by atoms with Crippen LogP contribution in [0.5, 0.6) is 11.5 Å². The van der Waals surface area contributed by atoms with Crippen molar-refractivity contribution in [1.29, 1.82) is 0 Å². The summed E-state index contributed by atoms with van der Waals surface area (Å²) >= 11 is 2.65. The molecule has 4 nitrogen and oxygen atoms in total. The Hall–Kier alpha value is -1.07. The normalized spacial score (nSPS) is 12.2. The van der Waals surface area contributed by atoms with E-state index >= 15 is 0 Å². The molecule has 0 amide bonds. The number of methoxy groups -OCH3 is 1. The van der Waals surface area contributed by atoms with E-state index in [0.29, 0.717) is 5.56 Å². The molecule has 2 N–H and O–H groups in total. The molecule has 1 aromatic carbocycles. The van der Waals surface area contributed by atoms with Crippen LogP contribution in [0.4, 0.5) is 0 Å². The molecule has 5 heteroatoms. The van der Waals surface area contributed by atoms with Gasteiger partial charge in [0.15, 0.2) is 11.5 Å². The van der Waals surface area contributed by atoms with Gasteiger partial charge in [0.2, 0.25) is 4.69 Å². The molecule has 0 aliphatic heterocycles. The first-order chi connectivity index (χ1) is 6.56. The Bertz CT molecular complexity index is 351. The number of rotatable bonds is 3. The van der Waals surface area contributed by atoms with Crippen molar-refractivity contribution < 1.29 is 19.7 Å². The number of aliphatic hydroxyl groups excluding tert-OH is 1. The van der Waals surface area contributed by atoms with Crippen molar-refractivity contribution in [3.05, 3.63) is 23.8 Å². The first-order valence-electron chi connectivity index (χ1n) is 3.80. The highest BCUT2D eigenvalue weighted by Gasteiger charge is 2.15. The monoisotopic (exact) mass is 260 g/mol. The first kappa shape index (κ1) is 11.0. The Morgan fingerprint density at radius 3 is 2.71 bits per heavy atom. The Kier molecular flexibility index (Phi) is 3.49. The van der Waals surface area contributed by atoms with Crippen molar-refractivity contribution in [1.82, 2.24) is 0 Å². The molecule has 1 aromatic rings. The Balaban J connectivity index is 3.06. The second-order valence-electron chi connectivity index (χ2n) is 2.64. The number of phenols is 1. The summed E-state index contributed by atoms with van der Waals surface area (Å²) in [5.74, 6) is 0.181. The van der Waals surface area contributed by atoms with Gasteiger partial charge in [-0.05, 0) is 33.6 Å². The zero-order valence-corrected chi connectivity index (χ0v) is 8.98. The minimum Gasteiger partial charge on any atom is -0.504 e. The van der Waals surface area contributed by atoms with E-state index in [2.05, 4.69) is 15.9 Å². The number of benzene rings is 1. The maximum atomic E-state index is 10.8. The van der Waals surface area contributed by atoms with E-state index in [4.69, 9.17) is 4.74 Å². The molecular formula is C9H9BrO4. The van der Waals surface area contributed by atoms with Crippen LogP contribution >= 0.6 is 15.9 Å². The van der Waals surface area contributed by atoms with Crippen LogP contribution in [-0.2, 0) is 4.79 Å². The van der Waals surface area contributed by atoms with Gasteiger partial charge in [0, 0.05) is 0 Å². The Morgan fingerprint density at radius 2 is 2.21 bits per heavy atom. The summed E-state index contributed by atoms with van der Waals surface area (Å²) in [6, 6.07) is 4.20. The van der Waals surface area contributed by atoms with Crippen LogP contribution in [-0.4, -0.2) is 22.0 Å². The van der Waals surface area contributed by atoms with Crippen LogP contribution in [0, 0.1) is 0 Å². The molecule has 0 fully saturated rings. The van der Waals surface area contributed by atoms with Crippen LogP contribution in [0.1, 0.15) is 11.7 Å². The zero-order valence-electron chi connectivity index (χ0n) is 7.40. The smallest absolute Gasteiger partial charge is 0.230 e. The Morgan fingerprint density at radius 1 is 1.57 bits per heavy atom. The fourth-order valence-electron chi connectivity index (χ4n) is 0.995. The first-order valence-corrected chi connectivity index (χ1v) is 4.60. The lowest BCUT2D eigenvalue weighted by molar-refractivity contribution is -0.117. The highest BCUT2D eigenvalue weighted by Crippen LogP contribution is 2.29. The van der Waals surface area contributed by atoms with E-state index in [1.165, 1.54) is 25.3 Å². The van der Waals surface area contributed by atoms with Gasteiger partial charge >= 0.3 is 0 Å². The summed E-state index contributed by atoms with van der Waals surface area (Å²) in [5, 5.41) is 18.6. The maximum Gasteiger partial charge on any atom is 0.230 e. The third-order valence-corrected chi connectivity index (χ3v) is 2.17. The number of halogens is 1. The molecule has 0 aliphatic rings. The standard InChI is InChI=1S/C9H9BrO4/c1-14-7-4-5(2-3-6(7)11)8(12)9(10)13/h2-4,8,11-12H,1H3. The molecule has 0 aliphatic carbocycles. The highest BCUT2D eigenvalue weighted by atomic mass is 79.9. The van der Waals surface area contributed by atoms with E-state index in [-0.39, 0.29) is 11.5 Å². The third-order valence-electron chi connectivity index (χ3n) is 1.73. The lowest BCUT2D eigenvalue weighted by Gasteiger charge is -2.09. The minimum absolute atomic E-state index is 0.0366. The predicted octanol–water partition coefficient (Wildman–Crippen LogP) is 1.36. The molecule has 1 rings (SSSR count). The second-order valence-corrected chi connectivity index (χ2v) is 3.42. The van der Waals surface area contributed by atoms with Crippen molar-refractivity contribution in [2.75, 3.05) is 7.11 Å². The van der Waals surface area contributed by atoms with Gasteiger partial charge in [-0.3, -0.25) is 4.79 Å². The molecule has 76 valence electrons. The van der Waals surface area contributed by atoms with Crippen molar-refractivity contribution in [3.8, 4) is 11.5 Å². The number of aliphatic hydroxyl groups is 1. The Labute approximate surface area is 89.3 Å². The summed E-state index contributed by atoms with van der Waals surface area (Å²) in [6.07, 6.45) is -1.25. The van der Waals surface area contributed by atoms with Crippen molar-refractivity contribution in [2.24, 2.45) is 0 Å². The molecule has 0 aromatic heterocycles. The molecular weight excluding hydrogens is 252 g/mol. The average molecular weight is 261 g/mol. The zero-order chi connectivity index (χ0) is 10.7. The largest absolute Gasteiger partial charge is 0.504 e. The number of aromatic hydroxyl groups is 1. The molecule has 0 bridgehead atoms. The maximum absolute atomic E-state index is 10.8. The number of hydrogen-bond donors (Lipinski definition) is 2. The van der Waals surface area contributed by atoms with Crippen molar-refractivity contribution >= 4 is 20.6 Å². The SMILES string of the molecule is COc1cc(C(O)C(=O)Br)ccc1O. The molecule has 1 unspecified atom stereocenters. The highest BCUT2D eigenvalue weighted by molar-refractivity contribution is 9.18. The van der Waals surface area contributed by atoms with Gasteiger partial charge in [0.1, 0.15) is 6.10 Å². The lowest BCUT2D eigenvalue weighted by Crippen LogP contribution is -2.04. The topological polar surface area (TPSA) is 66.8 Å². The molecule has 0 saturated carbocycles. The number of ether oxygens (including phenoxy) is 1. The number of hydrogen-bond acceptors (Lipinski definition) is 4. The van der Waals surface area contributed by atoms with Gasteiger partial charge < -0.3 is 14.9 Å². The van der Waals surface area contributed by atoms with Crippen molar-refractivity contribution in [3.63, 3.8) is 0 Å². The van der Waals surface area contributed by atoms with Gasteiger partial charge in [0.25, 0.3) is 0 Å². The summed E-state index contributed by atoms with van der Waals surface area (Å²) in [6.45, 7) is 0. The van der Waals surface area contributed by atoms with E-state index in [1.807, 2.05) is 0 Å². The summed E-state index contributed by atoms with van der Waals surface area (Å²) in [5.41, 5.74) is 0.363. The average Bonchev–Trinajstić information content (AvgIpc) is 2.17. The lowest BCUT2D eigenvalue weighted by atomic mass is 10.1. The third kappa shape index (κ3) is 2.24. The fraction of sp³-hybridized carbons (Fsp3) is 0.222. The van der Waals surface area contributed by atoms with Gasteiger partial charge in [-0.25, -0.2) is 0 Å². The summed E-state index contributed by atoms with van der Waals surface area (Å²) in [4.78, 5) is 10.8. The summed E-state index contributed by atoms with van der Waals surface area (Å²) in [7, 11) is 1.39. The van der Waals surface area contributed by atoms with Crippen molar-refractivity contribution in [2.45, 2.75) is 6.10 Å². The number of phenolic OH excluding ortho intramolecular Hbond substituents is 1. The molecule has 14 heavy (non-hydrogen) atoms. The molecule has 0 spiro atoms. The quantitative estimate of drug-likeness (QED) is 0.806. The van der Waals surface area contributed by atoms with E-state index < -0.39 is 10.8 Å². The van der Waals surface area contributed by atoms with Crippen LogP contribution < -0.4 is 4.74 Å². The van der Waals surface area contributed by atoms with Crippen LogP contribution in [0.2, 0.25) is 0 Å². The summed E-state index contributed by atoms with van der Waals surface area (Å²) < 4.78 is 4.29. The predicted molar refractivity (Wildman–Crippen MR) is 53.6 cm³/mol. The molecule has 1 atom stereocenters. The van der Waals surface area contributed by atoms with E-state index in [1.54, 1.807) is 0 Å². The second kappa shape index (κ2) is 4.43. The number of carbonyl (C=O) groups is 1. The van der Waals surface area contributed by atoms with Gasteiger partial charge in [0.05, 0.1) is 7.11 Å². The van der Waals surface area contributed by atoms with Crippen LogP contribution in [0.25, 0.3) is 0 Å². The molecule has 0 saturated heterocycles. The van der Waals surface area contributed by atoms with Crippen LogP contribution in [0.15, 0.2) is 18.2 Å². The molecule has 0 heterocycles. The van der Waals surface area contributed by atoms with Gasteiger partial charge in [-0.15, -0.1) is 0 Å². The van der Waals surface area contributed by atoms with Gasteiger partial charge in [-0.1, -0.05) is 6.07 Å².